The van der Waals surface area contributed by atoms with Crippen molar-refractivity contribution in [3.8, 4) is 0 Å². The van der Waals surface area contributed by atoms with E-state index in [2.05, 4.69) is 5.32 Å². The Morgan fingerprint density at radius 3 is 2.25 bits per heavy atom. The fourth-order valence-corrected chi connectivity index (χ4v) is 3.87. The molecule has 32 heavy (non-hydrogen) atoms. The molecule has 4 aromatic rings. The lowest BCUT2D eigenvalue weighted by molar-refractivity contribution is -0.121. The quantitative estimate of drug-likeness (QED) is 0.437. The first-order valence-electron chi connectivity index (χ1n) is 9.91. The number of carbonyl (C=O) groups is 1. The summed E-state index contributed by atoms with van der Waals surface area (Å²) in [6.45, 7) is 0.116. The monoisotopic (exact) mass is 467 g/mol. The van der Waals surface area contributed by atoms with Gasteiger partial charge in [-0.05, 0) is 35.4 Å². The predicted octanol–water partition coefficient (Wildman–Crippen LogP) is 3.83. The summed E-state index contributed by atoms with van der Waals surface area (Å²) in [6, 6.07) is 21.4. The lowest BCUT2D eigenvalue weighted by Gasteiger charge is -2.15. The van der Waals surface area contributed by atoms with Gasteiger partial charge in [0.15, 0.2) is 0 Å². The summed E-state index contributed by atoms with van der Waals surface area (Å²) in [6.07, 6.45) is 0. The number of fused-ring (bicyclic) bond motifs is 1. The van der Waals surface area contributed by atoms with Crippen LogP contribution in [0, 0.1) is 0 Å². The Balaban J connectivity index is 1.69. The Morgan fingerprint density at radius 2 is 1.50 bits per heavy atom. The third-order valence-electron chi connectivity index (χ3n) is 5.11. The zero-order valence-electron chi connectivity index (χ0n) is 16.9. The van der Waals surface area contributed by atoms with E-state index in [-0.39, 0.29) is 19.6 Å². The molecule has 6 nitrogen and oxygen atoms in total. The second-order valence-electron chi connectivity index (χ2n) is 7.27. The maximum atomic E-state index is 13.0. The molecular weight excluding hydrogens is 449 g/mol. The molecule has 1 aromatic heterocycles. The summed E-state index contributed by atoms with van der Waals surface area (Å²) < 4.78 is 2.56. The molecule has 1 heterocycles. The Morgan fingerprint density at radius 1 is 0.812 bits per heavy atom. The molecule has 1 amide bonds. The molecule has 162 valence electrons. The van der Waals surface area contributed by atoms with Crippen LogP contribution in [0.25, 0.3) is 11.0 Å². The van der Waals surface area contributed by atoms with Gasteiger partial charge in [-0.2, -0.15) is 0 Å². The van der Waals surface area contributed by atoms with Gasteiger partial charge in [0.25, 0.3) is 0 Å². The summed E-state index contributed by atoms with van der Waals surface area (Å²) in [5.74, 6) is -0.423. The minimum atomic E-state index is -0.788. The zero-order chi connectivity index (χ0) is 22.7. The molecule has 0 fully saturated rings. The van der Waals surface area contributed by atoms with Crippen molar-refractivity contribution in [1.29, 1.82) is 0 Å². The average molecular weight is 468 g/mol. The van der Waals surface area contributed by atoms with Gasteiger partial charge in [0.1, 0.15) is 6.54 Å². The topological polar surface area (TPSA) is 73.1 Å². The molecular formula is C24H19Cl2N3O3. The van der Waals surface area contributed by atoms with Gasteiger partial charge in [0.2, 0.25) is 5.91 Å². The third kappa shape index (κ3) is 4.61. The second kappa shape index (κ2) is 9.42. The first-order valence-corrected chi connectivity index (χ1v) is 10.7. The third-order valence-corrected chi connectivity index (χ3v) is 5.72. The van der Waals surface area contributed by atoms with Crippen LogP contribution >= 0.6 is 23.2 Å². The molecule has 0 aliphatic carbocycles. The lowest BCUT2D eigenvalue weighted by atomic mass is 10.2. The number of hydrogen-bond donors (Lipinski definition) is 1. The van der Waals surface area contributed by atoms with Crippen LogP contribution in [0.15, 0.2) is 82.4 Å². The SMILES string of the molecule is O=C(Cn1c(=O)c(=O)n(Cc2ccccc2)c2ccc(Cl)cc21)NCc1ccccc1Cl. The molecule has 0 saturated carbocycles. The van der Waals surface area contributed by atoms with Gasteiger partial charge in [-0.15, -0.1) is 0 Å². The first kappa shape index (κ1) is 21.9. The van der Waals surface area contributed by atoms with Crippen LogP contribution in [0.5, 0.6) is 0 Å². The normalized spacial score (nSPS) is 10.9. The molecule has 0 aliphatic heterocycles. The van der Waals surface area contributed by atoms with Crippen molar-refractivity contribution >= 4 is 40.1 Å². The van der Waals surface area contributed by atoms with E-state index in [9.17, 15) is 14.4 Å². The highest BCUT2D eigenvalue weighted by molar-refractivity contribution is 6.31. The highest BCUT2D eigenvalue weighted by Crippen LogP contribution is 2.19. The molecule has 0 bridgehead atoms. The Kier molecular flexibility index (Phi) is 6.44. The second-order valence-corrected chi connectivity index (χ2v) is 8.11. The van der Waals surface area contributed by atoms with Crippen molar-refractivity contribution in [2.24, 2.45) is 0 Å². The van der Waals surface area contributed by atoms with E-state index in [0.717, 1.165) is 15.7 Å². The van der Waals surface area contributed by atoms with Crippen LogP contribution < -0.4 is 16.4 Å². The number of halogens is 2. The van der Waals surface area contributed by atoms with Gasteiger partial charge in [-0.3, -0.25) is 23.5 Å². The molecule has 4 rings (SSSR count). The van der Waals surface area contributed by atoms with Crippen molar-refractivity contribution in [1.82, 2.24) is 14.5 Å². The number of amides is 1. The summed E-state index contributed by atoms with van der Waals surface area (Å²) >= 11 is 12.3. The van der Waals surface area contributed by atoms with E-state index < -0.39 is 17.0 Å². The van der Waals surface area contributed by atoms with Gasteiger partial charge in [-0.1, -0.05) is 71.7 Å². The van der Waals surface area contributed by atoms with Gasteiger partial charge in [0, 0.05) is 16.6 Å². The van der Waals surface area contributed by atoms with Crippen molar-refractivity contribution in [2.75, 3.05) is 0 Å². The van der Waals surface area contributed by atoms with Crippen LogP contribution in [-0.4, -0.2) is 15.0 Å². The molecule has 8 heteroatoms. The number of nitrogens with zero attached hydrogens (tertiary/aromatic N) is 2. The van der Waals surface area contributed by atoms with Crippen LogP contribution in [0.3, 0.4) is 0 Å². The van der Waals surface area contributed by atoms with Crippen LogP contribution in [-0.2, 0) is 24.4 Å². The number of aromatic nitrogens is 2. The largest absolute Gasteiger partial charge is 0.350 e. The maximum absolute atomic E-state index is 13.0. The van der Waals surface area contributed by atoms with Crippen LogP contribution in [0.1, 0.15) is 11.1 Å². The zero-order valence-corrected chi connectivity index (χ0v) is 18.4. The highest BCUT2D eigenvalue weighted by atomic mass is 35.5. The fourth-order valence-electron chi connectivity index (χ4n) is 3.51. The molecule has 3 aromatic carbocycles. The first-order chi connectivity index (χ1) is 15.4. The van der Waals surface area contributed by atoms with E-state index >= 15 is 0 Å². The summed E-state index contributed by atoms with van der Waals surface area (Å²) in [7, 11) is 0. The van der Waals surface area contributed by atoms with Crippen molar-refractivity contribution in [3.05, 3.63) is 115 Å². The van der Waals surface area contributed by atoms with Crippen molar-refractivity contribution < 1.29 is 4.79 Å². The molecule has 0 spiro atoms. The number of rotatable bonds is 6. The number of carbonyl (C=O) groups excluding carboxylic acids is 1. The molecule has 0 unspecified atom stereocenters. The Hall–Kier alpha value is -3.35. The van der Waals surface area contributed by atoms with E-state index in [4.69, 9.17) is 23.2 Å². The molecule has 1 N–H and O–H groups in total. The average Bonchev–Trinajstić information content (AvgIpc) is 2.80. The fraction of sp³-hybridized carbons (Fsp3) is 0.125. The highest BCUT2D eigenvalue weighted by Gasteiger charge is 2.16. The van der Waals surface area contributed by atoms with Gasteiger partial charge in [-0.25, -0.2) is 0 Å². The summed E-state index contributed by atoms with van der Waals surface area (Å²) in [5, 5.41) is 3.67. The van der Waals surface area contributed by atoms with E-state index in [1.54, 1.807) is 36.4 Å². The molecule has 0 aliphatic rings. The van der Waals surface area contributed by atoms with Crippen LogP contribution in [0.2, 0.25) is 10.0 Å². The van der Waals surface area contributed by atoms with Crippen molar-refractivity contribution in [3.63, 3.8) is 0 Å². The Labute approximate surface area is 193 Å². The predicted molar refractivity (Wildman–Crippen MR) is 126 cm³/mol. The Bertz CT molecular complexity index is 1410. The van der Waals surface area contributed by atoms with Gasteiger partial charge >= 0.3 is 11.1 Å². The molecule has 0 atom stereocenters. The maximum Gasteiger partial charge on any atom is 0.317 e. The smallest absolute Gasteiger partial charge is 0.317 e. The standard InChI is InChI=1S/C24H19Cl2N3O3/c25-18-10-11-20-21(12-18)29(15-22(30)27-13-17-8-4-5-9-19(17)26)24(32)23(31)28(20)14-16-6-2-1-3-7-16/h1-12H,13-15H2,(H,27,30). The minimum Gasteiger partial charge on any atom is -0.350 e. The van der Waals surface area contributed by atoms with E-state index in [1.807, 2.05) is 36.4 Å². The van der Waals surface area contributed by atoms with Crippen molar-refractivity contribution in [2.45, 2.75) is 19.6 Å². The molecule has 0 radical (unpaired) electrons. The number of nitrogens with one attached hydrogen (secondary N) is 1. The molecule has 0 saturated heterocycles. The van der Waals surface area contributed by atoms with Gasteiger partial charge < -0.3 is 5.32 Å². The minimum absolute atomic E-state index is 0.205. The summed E-state index contributed by atoms with van der Waals surface area (Å²) in [5.41, 5.74) is 1.06. The lowest BCUT2D eigenvalue weighted by Crippen LogP contribution is -2.44. The summed E-state index contributed by atoms with van der Waals surface area (Å²) in [4.78, 5) is 38.5. The van der Waals surface area contributed by atoms with E-state index in [0.29, 0.717) is 21.1 Å². The van der Waals surface area contributed by atoms with Gasteiger partial charge in [0.05, 0.1) is 17.6 Å². The van der Waals surface area contributed by atoms with E-state index in [1.165, 1.54) is 4.57 Å². The number of hydrogen-bond acceptors (Lipinski definition) is 3. The van der Waals surface area contributed by atoms with Crippen LogP contribution in [0.4, 0.5) is 0 Å². The number of benzene rings is 3.